The number of aliphatic imine (C=N–C) groups is 1. The molecule has 0 saturated carbocycles. The summed E-state index contributed by atoms with van der Waals surface area (Å²) < 4.78 is 15.3. The molecule has 1 aromatic carbocycles. The van der Waals surface area contributed by atoms with Crippen LogP contribution in [0.5, 0.6) is 0 Å². The van der Waals surface area contributed by atoms with Gasteiger partial charge in [0, 0.05) is 37.5 Å². The lowest BCUT2D eigenvalue weighted by atomic mass is 10.2. The number of rotatable bonds is 5. The van der Waals surface area contributed by atoms with E-state index in [1.807, 2.05) is 26.2 Å². The first-order chi connectivity index (χ1) is 10.2. The maximum absolute atomic E-state index is 13.6. The van der Waals surface area contributed by atoms with E-state index >= 15 is 0 Å². The molecule has 120 valence electrons. The highest BCUT2D eigenvalue weighted by molar-refractivity contribution is 14.0. The lowest BCUT2D eigenvalue weighted by Crippen LogP contribution is -2.37. The molecule has 0 amide bonds. The molecule has 0 saturated heterocycles. The van der Waals surface area contributed by atoms with Crippen LogP contribution >= 0.6 is 24.0 Å². The first-order valence-electron chi connectivity index (χ1n) is 6.92. The Morgan fingerprint density at radius 1 is 1.32 bits per heavy atom. The number of benzene rings is 1. The minimum atomic E-state index is -0.215. The third kappa shape index (κ3) is 5.63. The molecule has 5 nitrogen and oxygen atoms in total. The highest BCUT2D eigenvalue weighted by Crippen LogP contribution is 2.05. The van der Waals surface area contributed by atoms with Crippen molar-refractivity contribution in [3.05, 3.63) is 53.6 Å². The van der Waals surface area contributed by atoms with Crippen LogP contribution in [0, 0.1) is 5.82 Å². The van der Waals surface area contributed by atoms with Crippen LogP contribution < -0.4 is 10.6 Å². The molecule has 0 atom stereocenters. The van der Waals surface area contributed by atoms with E-state index in [9.17, 15) is 4.39 Å². The van der Waals surface area contributed by atoms with Gasteiger partial charge in [-0.1, -0.05) is 18.2 Å². The molecule has 2 rings (SSSR count). The minimum absolute atomic E-state index is 0. The first kappa shape index (κ1) is 18.4. The van der Waals surface area contributed by atoms with Gasteiger partial charge in [0.2, 0.25) is 0 Å². The van der Waals surface area contributed by atoms with Crippen molar-refractivity contribution in [3.63, 3.8) is 0 Å². The second-order valence-electron chi connectivity index (χ2n) is 4.66. The number of nitrogens with one attached hydrogen (secondary N) is 2. The van der Waals surface area contributed by atoms with Crippen molar-refractivity contribution in [1.29, 1.82) is 0 Å². The van der Waals surface area contributed by atoms with E-state index in [4.69, 9.17) is 0 Å². The fraction of sp³-hybridized carbons (Fsp3) is 0.333. The van der Waals surface area contributed by atoms with Gasteiger partial charge in [-0.05, 0) is 13.0 Å². The predicted octanol–water partition coefficient (Wildman–Crippen LogP) is 2.43. The Bertz CT molecular complexity index is 611. The first-order valence-corrected chi connectivity index (χ1v) is 6.92. The summed E-state index contributed by atoms with van der Waals surface area (Å²) in [6.45, 7) is 3.66. The van der Waals surface area contributed by atoms with Crippen LogP contribution in [0.2, 0.25) is 0 Å². The average molecular weight is 417 g/mol. The molecular weight excluding hydrogens is 396 g/mol. The van der Waals surface area contributed by atoms with Gasteiger partial charge in [0.15, 0.2) is 5.96 Å². The SMILES string of the molecule is CCNC(=NCc1cnn(C)c1)NCc1ccccc1F.I. The van der Waals surface area contributed by atoms with Gasteiger partial charge < -0.3 is 10.6 Å². The molecule has 2 N–H and O–H groups in total. The third-order valence-electron chi connectivity index (χ3n) is 2.93. The predicted molar refractivity (Wildman–Crippen MR) is 96.7 cm³/mol. The minimum Gasteiger partial charge on any atom is -0.357 e. The van der Waals surface area contributed by atoms with Crippen LogP contribution in [0.15, 0.2) is 41.7 Å². The number of aromatic nitrogens is 2. The Morgan fingerprint density at radius 2 is 2.09 bits per heavy atom. The molecule has 0 spiro atoms. The number of aryl methyl sites for hydroxylation is 1. The van der Waals surface area contributed by atoms with Crippen LogP contribution in [0.3, 0.4) is 0 Å². The highest BCUT2D eigenvalue weighted by atomic mass is 127. The van der Waals surface area contributed by atoms with E-state index < -0.39 is 0 Å². The second kappa shape index (κ2) is 9.39. The summed E-state index contributed by atoms with van der Waals surface area (Å²) in [5, 5.41) is 10.4. The summed E-state index contributed by atoms with van der Waals surface area (Å²) >= 11 is 0. The molecule has 0 aliphatic rings. The van der Waals surface area contributed by atoms with Crippen molar-refractivity contribution in [2.24, 2.45) is 12.0 Å². The monoisotopic (exact) mass is 417 g/mol. The van der Waals surface area contributed by atoms with E-state index in [0.717, 1.165) is 12.1 Å². The fourth-order valence-corrected chi connectivity index (χ4v) is 1.89. The maximum atomic E-state index is 13.6. The number of hydrogen-bond acceptors (Lipinski definition) is 2. The van der Waals surface area contributed by atoms with Crippen LogP contribution in [-0.4, -0.2) is 22.3 Å². The van der Waals surface area contributed by atoms with Gasteiger partial charge in [-0.25, -0.2) is 9.38 Å². The molecule has 0 aliphatic carbocycles. The molecule has 0 bridgehead atoms. The number of nitrogens with zero attached hydrogens (tertiary/aromatic N) is 3. The Labute approximate surface area is 147 Å². The highest BCUT2D eigenvalue weighted by Gasteiger charge is 2.03. The van der Waals surface area contributed by atoms with Gasteiger partial charge in [0.25, 0.3) is 0 Å². The lowest BCUT2D eigenvalue weighted by molar-refractivity contribution is 0.604. The molecule has 1 heterocycles. The van der Waals surface area contributed by atoms with Gasteiger partial charge in [-0.15, -0.1) is 24.0 Å². The standard InChI is InChI=1S/C15H20FN5.HI/c1-3-17-15(18-8-12-9-20-21(2)11-12)19-10-13-6-4-5-7-14(13)16;/h4-7,9,11H,3,8,10H2,1-2H3,(H2,17,18,19);1H. The van der Waals surface area contributed by atoms with Crippen LogP contribution in [0.4, 0.5) is 4.39 Å². The molecular formula is C15H21FIN5. The Morgan fingerprint density at radius 3 is 2.73 bits per heavy atom. The average Bonchev–Trinajstić information content (AvgIpc) is 2.89. The smallest absolute Gasteiger partial charge is 0.191 e. The molecule has 0 aliphatic heterocycles. The van der Waals surface area contributed by atoms with Crippen molar-refractivity contribution >= 4 is 29.9 Å². The zero-order valence-corrected chi connectivity index (χ0v) is 15.0. The Balaban J connectivity index is 0.00000242. The molecule has 0 fully saturated rings. The van der Waals surface area contributed by atoms with E-state index in [1.165, 1.54) is 6.07 Å². The van der Waals surface area contributed by atoms with Gasteiger partial charge >= 0.3 is 0 Å². The molecule has 1 aromatic heterocycles. The summed E-state index contributed by atoms with van der Waals surface area (Å²) in [6.07, 6.45) is 3.70. The molecule has 0 radical (unpaired) electrons. The second-order valence-corrected chi connectivity index (χ2v) is 4.66. The third-order valence-corrected chi connectivity index (χ3v) is 2.93. The van der Waals surface area contributed by atoms with Crippen molar-refractivity contribution in [2.45, 2.75) is 20.0 Å². The van der Waals surface area contributed by atoms with Crippen LogP contribution in [0.1, 0.15) is 18.1 Å². The Kier molecular flexibility index (Phi) is 7.86. The largest absolute Gasteiger partial charge is 0.357 e. The summed E-state index contributed by atoms with van der Waals surface area (Å²) in [5.74, 6) is 0.442. The summed E-state index contributed by atoms with van der Waals surface area (Å²) in [7, 11) is 1.87. The molecule has 7 heteroatoms. The van der Waals surface area contributed by atoms with Gasteiger partial charge in [-0.2, -0.15) is 5.10 Å². The zero-order chi connectivity index (χ0) is 15.1. The lowest BCUT2D eigenvalue weighted by Gasteiger charge is -2.11. The number of guanidine groups is 1. The number of halogens is 2. The number of hydrogen-bond donors (Lipinski definition) is 2. The van der Waals surface area contributed by atoms with Gasteiger partial charge in [0.05, 0.1) is 12.7 Å². The van der Waals surface area contributed by atoms with Crippen LogP contribution in [-0.2, 0) is 20.1 Å². The quantitative estimate of drug-likeness (QED) is 0.447. The molecule has 0 unspecified atom stereocenters. The van der Waals surface area contributed by atoms with Crippen molar-refractivity contribution in [3.8, 4) is 0 Å². The fourth-order valence-electron chi connectivity index (χ4n) is 1.89. The van der Waals surface area contributed by atoms with E-state index in [-0.39, 0.29) is 29.8 Å². The van der Waals surface area contributed by atoms with Crippen LogP contribution in [0.25, 0.3) is 0 Å². The summed E-state index contributed by atoms with van der Waals surface area (Å²) in [4.78, 5) is 4.46. The normalized spacial score (nSPS) is 11.0. The van der Waals surface area contributed by atoms with Gasteiger partial charge in [-0.3, -0.25) is 4.68 Å². The van der Waals surface area contributed by atoms with Crippen molar-refractivity contribution < 1.29 is 4.39 Å². The van der Waals surface area contributed by atoms with Gasteiger partial charge in [0.1, 0.15) is 5.82 Å². The molecule has 22 heavy (non-hydrogen) atoms. The maximum Gasteiger partial charge on any atom is 0.191 e. The summed E-state index contributed by atoms with van der Waals surface area (Å²) in [6, 6.07) is 6.71. The van der Waals surface area contributed by atoms with E-state index in [0.29, 0.717) is 24.6 Å². The van der Waals surface area contributed by atoms with Crippen molar-refractivity contribution in [2.75, 3.05) is 6.54 Å². The molecule has 2 aromatic rings. The van der Waals surface area contributed by atoms with E-state index in [1.54, 1.807) is 23.0 Å². The van der Waals surface area contributed by atoms with E-state index in [2.05, 4.69) is 20.7 Å². The summed E-state index contributed by atoms with van der Waals surface area (Å²) in [5.41, 5.74) is 1.64. The Hall–Kier alpha value is -1.64. The van der Waals surface area contributed by atoms with Crippen molar-refractivity contribution in [1.82, 2.24) is 20.4 Å². The topological polar surface area (TPSA) is 54.2 Å². The zero-order valence-electron chi connectivity index (χ0n) is 12.7.